The highest BCUT2D eigenvalue weighted by Gasteiger charge is 2.15. The predicted molar refractivity (Wildman–Crippen MR) is 119 cm³/mol. The van der Waals surface area contributed by atoms with Crippen molar-refractivity contribution in [2.24, 2.45) is 0 Å². The molecule has 0 aromatic heterocycles. The van der Waals surface area contributed by atoms with E-state index in [9.17, 15) is 17.6 Å². The van der Waals surface area contributed by atoms with Crippen LogP contribution in [0.25, 0.3) is 0 Å². The molecule has 1 atom stereocenters. The average Bonchev–Trinajstić information content (AvgIpc) is 2.78. The molecule has 0 heterocycles. The zero-order valence-electron chi connectivity index (χ0n) is 17.5. The number of ether oxygens (including phenoxy) is 2. The van der Waals surface area contributed by atoms with E-state index in [0.29, 0.717) is 17.2 Å². The summed E-state index contributed by atoms with van der Waals surface area (Å²) in [6.07, 6.45) is 0. The van der Waals surface area contributed by atoms with Crippen molar-refractivity contribution in [1.82, 2.24) is 5.32 Å². The van der Waals surface area contributed by atoms with Crippen molar-refractivity contribution >= 4 is 21.6 Å². The van der Waals surface area contributed by atoms with Crippen LogP contribution >= 0.6 is 0 Å². The molecule has 0 spiro atoms. The number of hydrogen-bond acceptors (Lipinski definition) is 5. The molecule has 7 nitrogen and oxygen atoms in total. The molecule has 32 heavy (non-hydrogen) atoms. The van der Waals surface area contributed by atoms with Gasteiger partial charge in [0.05, 0.1) is 23.7 Å². The molecule has 0 saturated carbocycles. The number of anilines is 1. The minimum absolute atomic E-state index is 0.0436. The number of carbonyl (C=O) groups is 1. The van der Waals surface area contributed by atoms with Crippen molar-refractivity contribution in [2.75, 3.05) is 18.4 Å². The molecular formula is C23H23FN2O5S. The number of halogens is 1. The molecule has 0 aliphatic carbocycles. The van der Waals surface area contributed by atoms with Crippen LogP contribution in [0.15, 0.2) is 77.7 Å². The lowest BCUT2D eigenvalue weighted by atomic mass is 10.1. The molecule has 1 amide bonds. The van der Waals surface area contributed by atoms with Crippen LogP contribution in [0.3, 0.4) is 0 Å². The number of hydrogen-bond donors (Lipinski definition) is 2. The van der Waals surface area contributed by atoms with E-state index in [4.69, 9.17) is 9.47 Å². The average molecular weight is 459 g/mol. The highest BCUT2D eigenvalue weighted by atomic mass is 32.2. The lowest BCUT2D eigenvalue weighted by molar-refractivity contribution is -0.123. The first-order valence-corrected chi connectivity index (χ1v) is 11.2. The number of nitrogens with one attached hydrogen (secondary N) is 2. The molecule has 3 aromatic rings. The zero-order valence-corrected chi connectivity index (χ0v) is 18.4. The Morgan fingerprint density at radius 2 is 1.69 bits per heavy atom. The van der Waals surface area contributed by atoms with Crippen LogP contribution in [0, 0.1) is 5.82 Å². The molecule has 0 aliphatic rings. The van der Waals surface area contributed by atoms with Gasteiger partial charge in [0.1, 0.15) is 17.3 Å². The number of methoxy groups -OCH3 is 1. The van der Waals surface area contributed by atoms with Gasteiger partial charge in [0, 0.05) is 6.07 Å². The van der Waals surface area contributed by atoms with Crippen LogP contribution in [0.2, 0.25) is 0 Å². The van der Waals surface area contributed by atoms with Gasteiger partial charge >= 0.3 is 0 Å². The standard InChI is InChI=1S/C23H23FN2O5S/c1-16(17-6-8-18(24)9-7-17)25-23(27)15-31-20-10-12-22(13-11-20)32(28,29)26-19-4-3-5-21(14-19)30-2/h3-14,16,26H,15H2,1-2H3,(H,25,27). The van der Waals surface area contributed by atoms with Gasteiger partial charge in [0.2, 0.25) is 0 Å². The summed E-state index contributed by atoms with van der Waals surface area (Å²) < 4.78 is 51.2. The quantitative estimate of drug-likeness (QED) is 0.507. The van der Waals surface area contributed by atoms with Gasteiger partial charge in [0.25, 0.3) is 15.9 Å². The molecule has 3 rings (SSSR count). The van der Waals surface area contributed by atoms with Crippen molar-refractivity contribution in [2.45, 2.75) is 17.9 Å². The van der Waals surface area contributed by atoms with Gasteiger partial charge in [-0.3, -0.25) is 9.52 Å². The zero-order chi connectivity index (χ0) is 23.1. The third-order valence-corrected chi connectivity index (χ3v) is 5.97. The summed E-state index contributed by atoms with van der Waals surface area (Å²) in [5.74, 6) is 0.161. The van der Waals surface area contributed by atoms with Crippen molar-refractivity contribution in [1.29, 1.82) is 0 Å². The lowest BCUT2D eigenvalue weighted by Gasteiger charge is -2.15. The van der Waals surface area contributed by atoms with E-state index < -0.39 is 10.0 Å². The molecule has 9 heteroatoms. The number of carbonyl (C=O) groups excluding carboxylic acids is 1. The fourth-order valence-electron chi connectivity index (χ4n) is 2.88. The lowest BCUT2D eigenvalue weighted by Crippen LogP contribution is -2.31. The Hall–Kier alpha value is -3.59. The normalized spacial score (nSPS) is 12.0. The molecule has 0 aliphatic heterocycles. The molecule has 1 unspecified atom stereocenters. The summed E-state index contributed by atoms with van der Waals surface area (Å²) in [5, 5.41) is 2.76. The van der Waals surface area contributed by atoms with Crippen LogP contribution in [0.4, 0.5) is 10.1 Å². The summed E-state index contributed by atoms with van der Waals surface area (Å²) in [6, 6.07) is 17.8. The Morgan fingerprint density at radius 1 is 1.00 bits per heavy atom. The van der Waals surface area contributed by atoms with E-state index >= 15 is 0 Å². The summed E-state index contributed by atoms with van der Waals surface area (Å²) >= 11 is 0. The Morgan fingerprint density at radius 3 is 2.34 bits per heavy atom. The molecule has 3 aromatic carbocycles. The molecule has 0 radical (unpaired) electrons. The second-order valence-corrected chi connectivity index (χ2v) is 8.62. The van der Waals surface area contributed by atoms with Crippen LogP contribution in [0.5, 0.6) is 11.5 Å². The largest absolute Gasteiger partial charge is 0.497 e. The third kappa shape index (κ3) is 6.21. The van der Waals surface area contributed by atoms with E-state index in [1.165, 1.54) is 43.5 Å². The van der Waals surface area contributed by atoms with Crippen molar-refractivity contribution in [3.63, 3.8) is 0 Å². The van der Waals surface area contributed by atoms with Crippen molar-refractivity contribution < 1.29 is 27.1 Å². The minimum Gasteiger partial charge on any atom is -0.497 e. The van der Waals surface area contributed by atoms with Gasteiger partial charge in [-0.1, -0.05) is 18.2 Å². The van der Waals surface area contributed by atoms with Gasteiger partial charge in [-0.2, -0.15) is 0 Å². The van der Waals surface area contributed by atoms with Crippen molar-refractivity contribution in [3.8, 4) is 11.5 Å². The van der Waals surface area contributed by atoms with Crippen molar-refractivity contribution in [3.05, 3.63) is 84.2 Å². The molecule has 0 bridgehead atoms. The highest BCUT2D eigenvalue weighted by Crippen LogP contribution is 2.22. The van der Waals surface area contributed by atoms with E-state index in [0.717, 1.165) is 5.56 Å². The summed E-state index contributed by atoms with van der Waals surface area (Å²) in [7, 11) is -2.31. The Bertz CT molecular complexity index is 1170. The Labute approximate surface area is 186 Å². The van der Waals surface area contributed by atoms with Gasteiger partial charge in [0.15, 0.2) is 6.61 Å². The van der Waals surface area contributed by atoms with Crippen LogP contribution in [-0.2, 0) is 14.8 Å². The maximum absolute atomic E-state index is 13.0. The highest BCUT2D eigenvalue weighted by molar-refractivity contribution is 7.92. The summed E-state index contributed by atoms with van der Waals surface area (Å²) in [4.78, 5) is 12.2. The van der Waals surface area contributed by atoms with E-state index in [1.54, 1.807) is 43.3 Å². The van der Waals surface area contributed by atoms with E-state index in [2.05, 4.69) is 10.0 Å². The minimum atomic E-state index is -3.80. The second kappa shape index (κ2) is 10.1. The van der Waals surface area contributed by atoms with Crippen LogP contribution in [-0.4, -0.2) is 28.0 Å². The molecule has 0 saturated heterocycles. The molecular weight excluding hydrogens is 435 g/mol. The van der Waals surface area contributed by atoms with Crippen LogP contribution < -0.4 is 19.5 Å². The van der Waals surface area contributed by atoms with E-state index in [1.807, 2.05) is 0 Å². The topological polar surface area (TPSA) is 93.7 Å². The fourth-order valence-corrected chi connectivity index (χ4v) is 3.93. The second-order valence-electron chi connectivity index (χ2n) is 6.94. The Kier molecular flexibility index (Phi) is 7.32. The van der Waals surface area contributed by atoms with Crippen LogP contribution in [0.1, 0.15) is 18.5 Å². The van der Waals surface area contributed by atoms with E-state index in [-0.39, 0.29) is 29.3 Å². The smallest absolute Gasteiger partial charge is 0.261 e. The SMILES string of the molecule is COc1cccc(NS(=O)(=O)c2ccc(OCC(=O)NC(C)c3ccc(F)cc3)cc2)c1. The van der Waals surface area contributed by atoms with Gasteiger partial charge in [-0.05, 0) is 61.0 Å². The first-order chi connectivity index (χ1) is 15.3. The van der Waals surface area contributed by atoms with Gasteiger partial charge in [-0.15, -0.1) is 0 Å². The number of amides is 1. The number of rotatable bonds is 9. The molecule has 0 fully saturated rings. The van der Waals surface area contributed by atoms with Gasteiger partial charge in [-0.25, -0.2) is 12.8 Å². The number of benzene rings is 3. The molecule has 168 valence electrons. The Balaban J connectivity index is 1.55. The third-order valence-electron chi connectivity index (χ3n) is 4.57. The maximum Gasteiger partial charge on any atom is 0.261 e. The maximum atomic E-state index is 13.0. The predicted octanol–water partition coefficient (Wildman–Crippen LogP) is 3.89. The first-order valence-electron chi connectivity index (χ1n) is 9.71. The fraction of sp³-hybridized carbons (Fsp3) is 0.174. The monoisotopic (exact) mass is 458 g/mol. The summed E-state index contributed by atoms with van der Waals surface area (Å²) in [6.45, 7) is 1.53. The van der Waals surface area contributed by atoms with Gasteiger partial charge < -0.3 is 14.8 Å². The summed E-state index contributed by atoms with van der Waals surface area (Å²) in [5.41, 5.74) is 1.13. The number of sulfonamides is 1. The molecule has 2 N–H and O–H groups in total. The first kappa shape index (κ1) is 23.1.